The molecule has 0 aromatic carbocycles. The summed E-state index contributed by atoms with van der Waals surface area (Å²) in [6.45, 7) is 2.74. The van der Waals surface area contributed by atoms with Gasteiger partial charge >= 0.3 is 15.5 Å². The number of fused-ring (bicyclic) bond motifs is 1. The number of aryl methyl sites for hydroxylation is 1. The molecule has 0 saturated carbocycles. The van der Waals surface area contributed by atoms with Gasteiger partial charge in [0.2, 0.25) is 0 Å². The van der Waals surface area contributed by atoms with E-state index in [9.17, 15) is 21.6 Å². The van der Waals surface area contributed by atoms with Crippen LogP contribution in [-0.4, -0.2) is 35.5 Å². The van der Waals surface area contributed by atoms with Gasteiger partial charge in [0.05, 0.1) is 11.4 Å². The molecule has 1 heterocycles. The Labute approximate surface area is 115 Å². The molecule has 1 aromatic rings. The maximum Gasteiger partial charge on any atom is 0.517 e. The van der Waals surface area contributed by atoms with Gasteiger partial charge in [0.25, 0.3) is 0 Å². The molecular weight excluding hydrogens is 295 g/mol. The Morgan fingerprint density at radius 2 is 2.20 bits per heavy atom. The van der Waals surface area contributed by atoms with E-state index in [4.69, 9.17) is 0 Å². The van der Waals surface area contributed by atoms with E-state index in [0.717, 1.165) is 25.7 Å². The fourth-order valence-electron chi connectivity index (χ4n) is 2.30. The Balaban J connectivity index is 2.31. The third-order valence-corrected chi connectivity index (χ3v) is 4.74. The van der Waals surface area contributed by atoms with Gasteiger partial charge in [0.1, 0.15) is 6.33 Å². The number of aromatic nitrogens is 2. The fourth-order valence-corrected chi connectivity index (χ4v) is 3.16. The Kier molecular flexibility index (Phi) is 4.10. The second-order valence-corrected chi connectivity index (χ2v) is 6.58. The molecule has 0 amide bonds. The van der Waals surface area contributed by atoms with Gasteiger partial charge in [0.15, 0.2) is 0 Å². The number of halogens is 3. The second-order valence-electron chi connectivity index (χ2n) is 4.78. The first kappa shape index (κ1) is 15.3. The number of hydrogen-bond acceptors (Lipinski definition) is 4. The maximum atomic E-state index is 12.6. The lowest BCUT2D eigenvalue weighted by atomic mass is 9.96. The highest BCUT2D eigenvalue weighted by atomic mass is 32.2. The lowest BCUT2D eigenvalue weighted by Gasteiger charge is -2.24. The van der Waals surface area contributed by atoms with Crippen molar-refractivity contribution in [3.8, 4) is 0 Å². The quantitative estimate of drug-likeness (QED) is 0.914. The van der Waals surface area contributed by atoms with Crippen molar-refractivity contribution in [3.63, 3.8) is 0 Å². The molecule has 0 radical (unpaired) electrons. The van der Waals surface area contributed by atoms with Crippen LogP contribution in [0.2, 0.25) is 0 Å². The summed E-state index contributed by atoms with van der Waals surface area (Å²) < 4.78 is 61.1. The number of rotatable bonds is 4. The summed E-state index contributed by atoms with van der Waals surface area (Å²) in [6.07, 6.45) is 3.14. The minimum absolute atomic E-state index is 0.0127. The molecule has 1 aromatic heterocycles. The standard InChI is InChI=1S/C11H16F3N3O2S/c1-2-5-15-8-3-4-9-10(6-8)17(7-16-9)20(18,19)11(12,13)14/h7-8,15H,2-6H2,1H3. The maximum absolute atomic E-state index is 12.6. The van der Waals surface area contributed by atoms with Crippen LogP contribution in [0.3, 0.4) is 0 Å². The van der Waals surface area contributed by atoms with Crippen LogP contribution in [0.25, 0.3) is 0 Å². The third kappa shape index (κ3) is 2.69. The molecule has 1 atom stereocenters. The van der Waals surface area contributed by atoms with Gasteiger partial charge in [0, 0.05) is 12.5 Å². The van der Waals surface area contributed by atoms with Gasteiger partial charge in [-0.1, -0.05) is 6.92 Å². The zero-order chi connectivity index (χ0) is 15.0. The monoisotopic (exact) mass is 311 g/mol. The van der Waals surface area contributed by atoms with Crippen LogP contribution in [0.15, 0.2) is 6.33 Å². The minimum atomic E-state index is -5.39. The molecule has 1 unspecified atom stereocenters. The first-order chi connectivity index (χ1) is 9.27. The first-order valence-electron chi connectivity index (χ1n) is 6.37. The molecule has 1 aliphatic carbocycles. The summed E-state index contributed by atoms with van der Waals surface area (Å²) in [4.78, 5) is 3.81. The van der Waals surface area contributed by atoms with Crippen molar-refractivity contribution in [2.24, 2.45) is 0 Å². The van der Waals surface area contributed by atoms with Gasteiger partial charge in [-0.3, -0.25) is 0 Å². The predicted molar refractivity (Wildman–Crippen MR) is 66.7 cm³/mol. The van der Waals surface area contributed by atoms with E-state index in [1.807, 2.05) is 6.92 Å². The number of nitrogens with zero attached hydrogens (tertiary/aromatic N) is 2. The van der Waals surface area contributed by atoms with Crippen molar-refractivity contribution in [1.82, 2.24) is 14.3 Å². The highest BCUT2D eigenvalue weighted by Gasteiger charge is 2.48. The average Bonchev–Trinajstić information content (AvgIpc) is 2.78. The van der Waals surface area contributed by atoms with E-state index >= 15 is 0 Å². The van der Waals surface area contributed by atoms with Gasteiger partial charge in [-0.15, -0.1) is 0 Å². The van der Waals surface area contributed by atoms with Crippen molar-refractivity contribution in [3.05, 3.63) is 17.7 Å². The van der Waals surface area contributed by atoms with Crippen molar-refractivity contribution in [2.45, 2.75) is 44.2 Å². The number of nitrogens with one attached hydrogen (secondary N) is 1. The van der Waals surface area contributed by atoms with Crippen LogP contribution < -0.4 is 5.32 Å². The van der Waals surface area contributed by atoms with Crippen molar-refractivity contribution in [2.75, 3.05) is 6.54 Å². The molecule has 114 valence electrons. The van der Waals surface area contributed by atoms with Crippen molar-refractivity contribution >= 4 is 10.0 Å². The van der Waals surface area contributed by atoms with Crippen LogP contribution in [0.1, 0.15) is 31.2 Å². The smallest absolute Gasteiger partial charge is 0.314 e. The van der Waals surface area contributed by atoms with E-state index in [1.165, 1.54) is 0 Å². The summed E-state index contributed by atoms with van der Waals surface area (Å²) in [5, 5.41) is 3.20. The molecule has 9 heteroatoms. The zero-order valence-corrected chi connectivity index (χ0v) is 11.8. The van der Waals surface area contributed by atoms with Gasteiger partial charge in [-0.25, -0.2) is 8.96 Å². The Morgan fingerprint density at radius 1 is 1.50 bits per heavy atom. The molecular formula is C11H16F3N3O2S. The van der Waals surface area contributed by atoms with E-state index < -0.39 is 15.5 Å². The molecule has 2 rings (SSSR count). The van der Waals surface area contributed by atoms with Gasteiger partial charge < -0.3 is 5.32 Å². The van der Waals surface area contributed by atoms with E-state index in [1.54, 1.807) is 0 Å². The lowest BCUT2D eigenvalue weighted by Crippen LogP contribution is -2.37. The molecule has 0 fully saturated rings. The third-order valence-electron chi connectivity index (χ3n) is 3.32. The molecule has 1 N–H and O–H groups in total. The van der Waals surface area contributed by atoms with Crippen molar-refractivity contribution in [1.29, 1.82) is 0 Å². The minimum Gasteiger partial charge on any atom is -0.314 e. The summed E-state index contributed by atoms with van der Waals surface area (Å²) in [5.41, 5.74) is -4.74. The van der Waals surface area contributed by atoms with E-state index in [2.05, 4.69) is 10.3 Å². The normalized spacial score (nSPS) is 19.9. The number of hydrogen-bond donors (Lipinski definition) is 1. The van der Waals surface area contributed by atoms with Gasteiger partial charge in [-0.2, -0.15) is 21.6 Å². The van der Waals surface area contributed by atoms with Crippen LogP contribution in [0, 0.1) is 0 Å². The SMILES string of the molecule is CCCNC1CCc2ncn(S(=O)(=O)C(F)(F)F)c2C1. The molecule has 0 spiro atoms. The molecule has 20 heavy (non-hydrogen) atoms. The van der Waals surface area contributed by atoms with E-state index in [-0.39, 0.29) is 22.1 Å². The largest absolute Gasteiger partial charge is 0.517 e. The van der Waals surface area contributed by atoms with Gasteiger partial charge in [-0.05, 0) is 25.8 Å². The molecule has 0 saturated heterocycles. The summed E-state index contributed by atoms with van der Waals surface area (Å²) in [6, 6.07) is -0.0127. The number of imidazole rings is 1. The highest BCUT2D eigenvalue weighted by molar-refractivity contribution is 7.90. The second kappa shape index (κ2) is 5.36. The topological polar surface area (TPSA) is 64.0 Å². The Morgan fingerprint density at radius 3 is 2.80 bits per heavy atom. The highest BCUT2D eigenvalue weighted by Crippen LogP contribution is 2.29. The Bertz CT molecular complexity index is 580. The van der Waals surface area contributed by atoms with Crippen LogP contribution in [0.4, 0.5) is 13.2 Å². The van der Waals surface area contributed by atoms with Crippen LogP contribution in [0.5, 0.6) is 0 Å². The fraction of sp³-hybridized carbons (Fsp3) is 0.727. The average molecular weight is 311 g/mol. The van der Waals surface area contributed by atoms with Crippen molar-refractivity contribution < 1.29 is 21.6 Å². The Hall–Kier alpha value is -1.09. The van der Waals surface area contributed by atoms with Crippen LogP contribution in [-0.2, 0) is 22.9 Å². The molecule has 1 aliphatic rings. The summed E-state index contributed by atoms with van der Waals surface area (Å²) >= 11 is 0. The summed E-state index contributed by atoms with van der Waals surface area (Å²) in [5.74, 6) is 0. The first-order valence-corrected chi connectivity index (χ1v) is 7.81. The zero-order valence-electron chi connectivity index (χ0n) is 10.9. The molecule has 0 aliphatic heterocycles. The number of alkyl halides is 3. The lowest BCUT2D eigenvalue weighted by molar-refractivity contribution is -0.0447. The molecule has 0 bridgehead atoms. The predicted octanol–water partition coefficient (Wildman–Crippen LogP) is 1.44. The molecule has 5 nitrogen and oxygen atoms in total. The van der Waals surface area contributed by atoms with E-state index in [0.29, 0.717) is 12.1 Å². The summed E-state index contributed by atoms with van der Waals surface area (Å²) in [7, 11) is -5.39. The van der Waals surface area contributed by atoms with Crippen LogP contribution >= 0.6 is 0 Å².